The summed E-state index contributed by atoms with van der Waals surface area (Å²) in [5.41, 5.74) is 1.56. The Morgan fingerprint density at radius 2 is 2.05 bits per heavy atom. The standard InChI is InChI=1S/C14H15NO3S2/c1-10-8-11(5-6-13(10)20(2,17)18)9-15-14(16)12-4-3-7-19-12/h3-8H,9H2,1-2H3,(H,15,16). The van der Waals surface area contributed by atoms with Gasteiger partial charge in [-0.2, -0.15) is 0 Å². The van der Waals surface area contributed by atoms with E-state index in [1.165, 1.54) is 17.6 Å². The van der Waals surface area contributed by atoms with Crippen molar-refractivity contribution in [1.29, 1.82) is 0 Å². The summed E-state index contributed by atoms with van der Waals surface area (Å²) in [5, 5.41) is 4.66. The molecular weight excluding hydrogens is 294 g/mol. The van der Waals surface area contributed by atoms with Crippen molar-refractivity contribution >= 4 is 27.1 Å². The molecule has 2 aromatic rings. The first kappa shape index (κ1) is 14.7. The van der Waals surface area contributed by atoms with Crippen LogP contribution in [0, 0.1) is 6.92 Å². The Kier molecular flexibility index (Phi) is 4.25. The van der Waals surface area contributed by atoms with E-state index in [4.69, 9.17) is 0 Å². The minimum atomic E-state index is -3.20. The summed E-state index contributed by atoms with van der Waals surface area (Å²) in [7, 11) is -3.20. The van der Waals surface area contributed by atoms with E-state index in [-0.39, 0.29) is 5.91 Å². The number of nitrogens with one attached hydrogen (secondary N) is 1. The maximum Gasteiger partial charge on any atom is 0.261 e. The van der Waals surface area contributed by atoms with Crippen LogP contribution in [-0.4, -0.2) is 20.6 Å². The molecule has 4 nitrogen and oxygen atoms in total. The van der Waals surface area contributed by atoms with E-state index >= 15 is 0 Å². The monoisotopic (exact) mass is 309 g/mol. The van der Waals surface area contributed by atoms with Gasteiger partial charge >= 0.3 is 0 Å². The van der Waals surface area contributed by atoms with Crippen molar-refractivity contribution in [3.8, 4) is 0 Å². The highest BCUT2D eigenvalue weighted by Gasteiger charge is 2.11. The van der Waals surface area contributed by atoms with Crippen molar-refractivity contribution in [2.45, 2.75) is 18.4 Å². The fourth-order valence-corrected chi connectivity index (χ4v) is 3.51. The summed E-state index contributed by atoms with van der Waals surface area (Å²) in [5.74, 6) is -0.121. The summed E-state index contributed by atoms with van der Waals surface area (Å²) < 4.78 is 23.0. The van der Waals surface area contributed by atoms with Crippen LogP contribution >= 0.6 is 11.3 Å². The lowest BCUT2D eigenvalue weighted by Gasteiger charge is -2.08. The highest BCUT2D eigenvalue weighted by Crippen LogP contribution is 2.16. The van der Waals surface area contributed by atoms with Crippen molar-refractivity contribution < 1.29 is 13.2 Å². The normalized spacial score (nSPS) is 11.3. The largest absolute Gasteiger partial charge is 0.347 e. The Morgan fingerprint density at radius 3 is 2.60 bits per heavy atom. The molecule has 1 heterocycles. The lowest BCUT2D eigenvalue weighted by Crippen LogP contribution is -2.21. The van der Waals surface area contributed by atoms with Gasteiger partial charge in [-0.25, -0.2) is 8.42 Å². The van der Waals surface area contributed by atoms with E-state index in [2.05, 4.69) is 5.32 Å². The van der Waals surface area contributed by atoms with Crippen molar-refractivity contribution in [2.24, 2.45) is 0 Å². The molecule has 2 rings (SSSR count). The molecule has 0 atom stereocenters. The number of hydrogen-bond acceptors (Lipinski definition) is 4. The van der Waals surface area contributed by atoms with Crippen LogP contribution in [0.4, 0.5) is 0 Å². The first-order chi connectivity index (χ1) is 9.38. The molecule has 0 aliphatic heterocycles. The Bertz CT molecular complexity index is 719. The zero-order valence-electron chi connectivity index (χ0n) is 11.2. The third kappa shape index (κ3) is 3.46. The van der Waals surface area contributed by atoms with Crippen molar-refractivity contribution in [3.05, 3.63) is 51.7 Å². The molecule has 0 fully saturated rings. The number of benzene rings is 1. The Morgan fingerprint density at radius 1 is 1.30 bits per heavy atom. The number of amides is 1. The summed E-state index contributed by atoms with van der Waals surface area (Å²) >= 11 is 1.38. The Balaban J connectivity index is 2.08. The van der Waals surface area contributed by atoms with Gasteiger partial charge in [-0.05, 0) is 35.6 Å². The van der Waals surface area contributed by atoms with Gasteiger partial charge in [0.25, 0.3) is 5.91 Å². The van der Waals surface area contributed by atoms with Crippen LogP contribution in [0.5, 0.6) is 0 Å². The molecule has 6 heteroatoms. The summed E-state index contributed by atoms with van der Waals surface area (Å²) in [4.78, 5) is 12.8. The predicted molar refractivity (Wildman–Crippen MR) is 79.8 cm³/mol. The number of rotatable bonds is 4. The zero-order chi connectivity index (χ0) is 14.8. The molecule has 20 heavy (non-hydrogen) atoms. The molecule has 0 saturated carbocycles. The number of thiophene rings is 1. The first-order valence-electron chi connectivity index (χ1n) is 5.99. The second-order valence-electron chi connectivity index (χ2n) is 4.53. The molecule has 0 unspecified atom stereocenters. The van der Waals surface area contributed by atoms with Crippen LogP contribution in [0.25, 0.3) is 0 Å². The van der Waals surface area contributed by atoms with Gasteiger partial charge in [-0.15, -0.1) is 11.3 Å². The number of hydrogen-bond donors (Lipinski definition) is 1. The molecule has 1 amide bonds. The number of carbonyl (C=O) groups excluding carboxylic acids is 1. The minimum absolute atomic E-state index is 0.121. The summed E-state index contributed by atoms with van der Waals surface area (Å²) in [6.45, 7) is 2.13. The summed E-state index contributed by atoms with van der Waals surface area (Å²) in [6.07, 6.45) is 1.19. The van der Waals surface area contributed by atoms with E-state index in [0.717, 1.165) is 5.56 Å². The summed E-state index contributed by atoms with van der Waals surface area (Å²) in [6, 6.07) is 8.67. The van der Waals surface area contributed by atoms with Gasteiger partial charge in [-0.1, -0.05) is 18.2 Å². The van der Waals surface area contributed by atoms with Crippen molar-refractivity contribution in [2.75, 3.05) is 6.26 Å². The maximum atomic E-state index is 11.8. The van der Waals surface area contributed by atoms with Gasteiger partial charge in [0.1, 0.15) is 0 Å². The second-order valence-corrected chi connectivity index (χ2v) is 7.46. The van der Waals surface area contributed by atoms with Crippen LogP contribution in [0.1, 0.15) is 20.8 Å². The molecule has 1 aromatic heterocycles. The zero-order valence-corrected chi connectivity index (χ0v) is 12.8. The van der Waals surface area contributed by atoms with Gasteiger partial charge < -0.3 is 5.32 Å². The van der Waals surface area contributed by atoms with Gasteiger partial charge in [0, 0.05) is 12.8 Å². The Labute approximate surface area is 122 Å². The molecule has 0 bridgehead atoms. The highest BCUT2D eigenvalue weighted by atomic mass is 32.2. The van der Waals surface area contributed by atoms with Crippen LogP contribution in [0.3, 0.4) is 0 Å². The smallest absolute Gasteiger partial charge is 0.261 e. The van der Waals surface area contributed by atoms with Crippen LogP contribution in [0.15, 0.2) is 40.6 Å². The molecule has 106 valence electrons. The Hall–Kier alpha value is -1.66. The third-order valence-corrected chi connectivity index (χ3v) is 4.96. The molecular formula is C14H15NO3S2. The lowest BCUT2D eigenvalue weighted by atomic mass is 10.1. The predicted octanol–water partition coefficient (Wildman–Crippen LogP) is 2.39. The van der Waals surface area contributed by atoms with Gasteiger partial charge in [0.05, 0.1) is 9.77 Å². The molecule has 0 aliphatic rings. The van der Waals surface area contributed by atoms with Crippen molar-refractivity contribution in [1.82, 2.24) is 5.32 Å². The van der Waals surface area contributed by atoms with Gasteiger partial charge in [-0.3, -0.25) is 4.79 Å². The van der Waals surface area contributed by atoms with E-state index in [9.17, 15) is 13.2 Å². The number of sulfone groups is 1. The molecule has 0 saturated heterocycles. The molecule has 0 radical (unpaired) electrons. The molecule has 0 spiro atoms. The van der Waals surface area contributed by atoms with E-state index < -0.39 is 9.84 Å². The fourth-order valence-electron chi connectivity index (χ4n) is 1.91. The van der Waals surface area contributed by atoms with Crippen LogP contribution in [0.2, 0.25) is 0 Å². The highest BCUT2D eigenvalue weighted by molar-refractivity contribution is 7.90. The first-order valence-corrected chi connectivity index (χ1v) is 8.76. The van der Waals surface area contributed by atoms with E-state index in [1.54, 1.807) is 31.2 Å². The third-order valence-electron chi connectivity index (χ3n) is 2.84. The van der Waals surface area contributed by atoms with Crippen LogP contribution in [-0.2, 0) is 16.4 Å². The minimum Gasteiger partial charge on any atom is -0.347 e. The van der Waals surface area contributed by atoms with Crippen molar-refractivity contribution in [3.63, 3.8) is 0 Å². The molecule has 1 aromatic carbocycles. The maximum absolute atomic E-state index is 11.8. The average molecular weight is 309 g/mol. The van der Waals surface area contributed by atoms with Gasteiger partial charge in [0.2, 0.25) is 0 Å². The molecule has 0 aliphatic carbocycles. The quantitative estimate of drug-likeness (QED) is 0.943. The number of aryl methyl sites for hydroxylation is 1. The van der Waals surface area contributed by atoms with E-state index in [0.29, 0.717) is 21.9 Å². The average Bonchev–Trinajstić information content (AvgIpc) is 2.88. The topological polar surface area (TPSA) is 63.2 Å². The molecule has 1 N–H and O–H groups in total. The second kappa shape index (κ2) is 5.76. The fraction of sp³-hybridized carbons (Fsp3) is 0.214. The van der Waals surface area contributed by atoms with Crippen LogP contribution < -0.4 is 5.32 Å². The number of carbonyl (C=O) groups is 1. The van der Waals surface area contributed by atoms with E-state index in [1.807, 2.05) is 11.4 Å². The van der Waals surface area contributed by atoms with Gasteiger partial charge in [0.15, 0.2) is 9.84 Å². The SMILES string of the molecule is Cc1cc(CNC(=O)c2cccs2)ccc1S(C)(=O)=O. The lowest BCUT2D eigenvalue weighted by molar-refractivity contribution is 0.0955.